The summed E-state index contributed by atoms with van der Waals surface area (Å²) in [6, 6.07) is 11.8. The summed E-state index contributed by atoms with van der Waals surface area (Å²) in [5.74, 6) is -0.982. The van der Waals surface area contributed by atoms with Crippen LogP contribution in [0.15, 0.2) is 53.4 Å². The van der Waals surface area contributed by atoms with Crippen molar-refractivity contribution < 1.29 is 17.6 Å². The number of hydrogen-bond donors (Lipinski definition) is 1. The van der Waals surface area contributed by atoms with Gasteiger partial charge in [-0.15, -0.1) is 10.2 Å². The summed E-state index contributed by atoms with van der Waals surface area (Å²) in [6.07, 6.45) is 1.30. The molecule has 30 heavy (non-hydrogen) atoms. The molecule has 1 N–H and O–H groups in total. The van der Waals surface area contributed by atoms with Gasteiger partial charge in [0.1, 0.15) is 10.8 Å². The third kappa shape index (κ3) is 4.11. The van der Waals surface area contributed by atoms with Crippen molar-refractivity contribution in [3.8, 4) is 0 Å². The summed E-state index contributed by atoms with van der Waals surface area (Å²) in [5, 5.41) is 11.1. The number of hydrogen-bond acceptors (Lipinski definition) is 6. The van der Waals surface area contributed by atoms with Crippen molar-refractivity contribution >= 4 is 33.0 Å². The minimum atomic E-state index is -3.69. The zero-order valence-electron chi connectivity index (χ0n) is 16.1. The van der Waals surface area contributed by atoms with E-state index in [4.69, 9.17) is 0 Å². The third-order valence-electron chi connectivity index (χ3n) is 4.80. The Bertz CT molecular complexity index is 1200. The van der Waals surface area contributed by atoms with Crippen molar-refractivity contribution in [2.75, 3.05) is 11.9 Å². The van der Waals surface area contributed by atoms with Crippen LogP contribution in [0.3, 0.4) is 0 Å². The lowest BCUT2D eigenvalue weighted by Gasteiger charge is -2.22. The monoisotopic (exact) mass is 446 g/mol. The van der Waals surface area contributed by atoms with Crippen LogP contribution < -0.4 is 5.32 Å². The van der Waals surface area contributed by atoms with Gasteiger partial charge in [0.05, 0.1) is 10.9 Å². The number of nitrogens with one attached hydrogen (secondary N) is 1. The smallest absolute Gasteiger partial charge is 0.286 e. The summed E-state index contributed by atoms with van der Waals surface area (Å²) in [5.41, 5.74) is 1.17. The van der Waals surface area contributed by atoms with E-state index in [0.717, 1.165) is 16.9 Å². The molecule has 2 heterocycles. The number of aromatic nitrogens is 2. The van der Waals surface area contributed by atoms with Crippen LogP contribution in [0.2, 0.25) is 0 Å². The molecule has 3 aromatic rings. The number of sulfonamides is 1. The Labute approximate surface area is 177 Å². The molecule has 0 saturated carbocycles. The summed E-state index contributed by atoms with van der Waals surface area (Å²) in [6.45, 7) is 2.22. The zero-order chi connectivity index (χ0) is 21.3. The van der Waals surface area contributed by atoms with Crippen LogP contribution in [0.25, 0.3) is 0 Å². The average Bonchev–Trinajstić information content (AvgIpc) is 3.38. The van der Waals surface area contributed by atoms with E-state index < -0.39 is 27.8 Å². The quantitative estimate of drug-likeness (QED) is 0.644. The molecule has 156 valence electrons. The van der Waals surface area contributed by atoms with E-state index in [9.17, 15) is 17.6 Å². The highest BCUT2D eigenvalue weighted by Gasteiger charge is 2.38. The Hall–Kier alpha value is -2.69. The largest absolute Gasteiger partial charge is 0.320 e. The van der Waals surface area contributed by atoms with Gasteiger partial charge in [-0.2, -0.15) is 4.31 Å². The van der Waals surface area contributed by atoms with Crippen molar-refractivity contribution in [2.45, 2.75) is 30.7 Å². The average molecular weight is 447 g/mol. The number of nitrogens with zero attached hydrogens (tertiary/aromatic N) is 3. The second-order valence-corrected chi connectivity index (χ2v) is 9.90. The molecule has 1 aliphatic heterocycles. The van der Waals surface area contributed by atoms with Gasteiger partial charge in [0, 0.05) is 12.2 Å². The molecule has 0 spiro atoms. The van der Waals surface area contributed by atoms with Gasteiger partial charge in [-0.1, -0.05) is 29.5 Å². The van der Waals surface area contributed by atoms with Gasteiger partial charge in [0.15, 0.2) is 0 Å². The van der Waals surface area contributed by atoms with Crippen molar-refractivity contribution in [3.05, 3.63) is 69.9 Å². The molecule has 1 amide bonds. The van der Waals surface area contributed by atoms with E-state index in [-0.39, 0.29) is 9.90 Å². The molecule has 1 unspecified atom stereocenters. The minimum Gasteiger partial charge on any atom is -0.320 e. The first-order chi connectivity index (χ1) is 14.3. The molecule has 0 radical (unpaired) electrons. The van der Waals surface area contributed by atoms with Gasteiger partial charge < -0.3 is 5.32 Å². The molecule has 0 aliphatic carbocycles. The maximum absolute atomic E-state index is 13.3. The molecule has 10 heteroatoms. The molecule has 1 saturated heterocycles. The van der Waals surface area contributed by atoms with Crippen molar-refractivity contribution in [1.29, 1.82) is 0 Å². The van der Waals surface area contributed by atoms with E-state index in [2.05, 4.69) is 15.5 Å². The predicted molar refractivity (Wildman–Crippen MR) is 111 cm³/mol. The van der Waals surface area contributed by atoms with Gasteiger partial charge in [-0.25, -0.2) is 12.8 Å². The lowest BCUT2D eigenvalue weighted by Crippen LogP contribution is -2.30. The Balaban J connectivity index is 1.55. The van der Waals surface area contributed by atoms with E-state index >= 15 is 0 Å². The Morgan fingerprint density at radius 3 is 2.77 bits per heavy atom. The first kappa shape index (κ1) is 20.6. The van der Waals surface area contributed by atoms with Crippen LogP contribution >= 0.6 is 11.3 Å². The van der Waals surface area contributed by atoms with Crippen LogP contribution in [0.4, 0.5) is 10.1 Å². The molecule has 0 bridgehead atoms. The standard InChI is InChI=1S/C20H19FN4O3S2/c1-13-5-2-8-16(11-13)30(27,28)25-10-4-9-17(25)19-23-24-20(29-19)18(26)22-15-7-3-6-14(21)12-15/h2-3,5-8,11-12,17H,4,9-10H2,1H3,(H,22,26). The third-order valence-corrected chi connectivity index (χ3v) is 7.73. The molecule has 1 aliphatic rings. The van der Waals surface area contributed by atoms with E-state index in [1.165, 1.54) is 22.5 Å². The summed E-state index contributed by atoms with van der Waals surface area (Å²) in [7, 11) is -3.69. The second kappa shape index (κ2) is 8.21. The first-order valence-corrected chi connectivity index (χ1v) is 11.6. The number of benzene rings is 2. The van der Waals surface area contributed by atoms with E-state index in [1.54, 1.807) is 24.3 Å². The number of amides is 1. The molecule has 4 rings (SSSR count). The zero-order valence-corrected chi connectivity index (χ0v) is 17.7. The van der Waals surface area contributed by atoms with E-state index in [0.29, 0.717) is 30.1 Å². The molecular weight excluding hydrogens is 427 g/mol. The Kier molecular flexibility index (Phi) is 5.63. The van der Waals surface area contributed by atoms with Crippen LogP contribution in [-0.4, -0.2) is 35.4 Å². The minimum absolute atomic E-state index is 0.0917. The molecule has 1 atom stereocenters. The topological polar surface area (TPSA) is 92.3 Å². The SMILES string of the molecule is Cc1cccc(S(=O)(=O)N2CCCC2c2nnc(C(=O)Nc3cccc(F)c3)s2)c1. The molecule has 7 nitrogen and oxygen atoms in total. The maximum Gasteiger partial charge on any atom is 0.286 e. The van der Waals surface area contributed by atoms with Crippen molar-refractivity contribution in [1.82, 2.24) is 14.5 Å². The van der Waals surface area contributed by atoms with Gasteiger partial charge in [0.2, 0.25) is 15.0 Å². The maximum atomic E-state index is 13.3. The highest BCUT2D eigenvalue weighted by Crippen LogP contribution is 2.37. The fourth-order valence-corrected chi connectivity index (χ4v) is 6.12. The van der Waals surface area contributed by atoms with Gasteiger partial charge in [-0.3, -0.25) is 4.79 Å². The number of carbonyl (C=O) groups excluding carboxylic acids is 1. The molecule has 1 fully saturated rings. The molecule has 2 aromatic carbocycles. The van der Waals surface area contributed by atoms with E-state index in [1.807, 2.05) is 13.0 Å². The highest BCUT2D eigenvalue weighted by molar-refractivity contribution is 7.89. The van der Waals surface area contributed by atoms with Gasteiger partial charge in [-0.05, 0) is 55.7 Å². The Morgan fingerprint density at radius 1 is 1.20 bits per heavy atom. The van der Waals surface area contributed by atoms with Crippen LogP contribution in [0, 0.1) is 12.7 Å². The predicted octanol–water partition coefficient (Wildman–Crippen LogP) is 3.76. The molecule has 1 aromatic heterocycles. The summed E-state index contributed by atoms with van der Waals surface area (Å²) < 4.78 is 41.0. The highest BCUT2D eigenvalue weighted by atomic mass is 32.2. The van der Waals surface area contributed by atoms with Gasteiger partial charge in [0.25, 0.3) is 5.91 Å². The van der Waals surface area contributed by atoms with Crippen LogP contribution in [-0.2, 0) is 10.0 Å². The number of halogens is 1. The molecular formula is C20H19FN4O3S2. The lowest BCUT2D eigenvalue weighted by molar-refractivity contribution is 0.102. The Morgan fingerprint density at radius 2 is 2.00 bits per heavy atom. The summed E-state index contributed by atoms with van der Waals surface area (Å²) in [4.78, 5) is 12.7. The fraction of sp³-hybridized carbons (Fsp3) is 0.250. The first-order valence-electron chi connectivity index (χ1n) is 9.33. The second-order valence-electron chi connectivity index (χ2n) is 7.00. The number of aryl methyl sites for hydroxylation is 1. The van der Waals surface area contributed by atoms with Crippen molar-refractivity contribution in [3.63, 3.8) is 0 Å². The van der Waals surface area contributed by atoms with Gasteiger partial charge >= 0.3 is 0 Å². The fourth-order valence-electron chi connectivity index (χ4n) is 3.40. The normalized spacial score (nSPS) is 17.2. The van der Waals surface area contributed by atoms with Crippen LogP contribution in [0.1, 0.15) is 39.3 Å². The number of carbonyl (C=O) groups is 1. The lowest BCUT2D eigenvalue weighted by atomic mass is 10.2. The summed E-state index contributed by atoms with van der Waals surface area (Å²) >= 11 is 1.05. The number of rotatable bonds is 5. The number of anilines is 1. The van der Waals surface area contributed by atoms with Crippen LogP contribution in [0.5, 0.6) is 0 Å². The van der Waals surface area contributed by atoms with Crippen molar-refractivity contribution in [2.24, 2.45) is 0 Å².